The molecular weight excluding hydrogens is 461 g/mol. The first-order valence-corrected chi connectivity index (χ1v) is 11.9. The number of urea groups is 1. The molecule has 2 aromatic rings. The number of aromatic nitrogens is 2. The molecule has 11 heteroatoms. The summed E-state index contributed by atoms with van der Waals surface area (Å²) in [6.45, 7) is 0. The van der Waals surface area contributed by atoms with E-state index >= 15 is 0 Å². The molecule has 1 aromatic heterocycles. The summed E-state index contributed by atoms with van der Waals surface area (Å²) in [5, 5.41) is 3.44. The largest absolute Gasteiger partial charge is 0.573 e. The van der Waals surface area contributed by atoms with Crippen molar-refractivity contribution in [2.24, 2.45) is 5.73 Å². The number of nitrogens with zero attached hydrogens (tertiary/aromatic N) is 4. The number of halogens is 3. The monoisotopic (exact) mass is 492 g/mol. The molecule has 0 aliphatic heterocycles. The van der Waals surface area contributed by atoms with Crippen LogP contribution in [0.1, 0.15) is 49.8 Å². The molecule has 0 radical (unpaired) electrons. The highest BCUT2D eigenvalue weighted by Gasteiger charge is 2.35. The number of aryl methyl sites for hydroxylation is 1. The zero-order valence-electron chi connectivity index (χ0n) is 19.9. The van der Waals surface area contributed by atoms with Gasteiger partial charge in [0.15, 0.2) is 5.75 Å². The molecule has 1 aromatic carbocycles. The van der Waals surface area contributed by atoms with Gasteiger partial charge in [-0.25, -0.2) is 9.78 Å². The van der Waals surface area contributed by atoms with Crippen LogP contribution in [-0.2, 0) is 12.8 Å². The van der Waals surface area contributed by atoms with Gasteiger partial charge in [0.1, 0.15) is 5.82 Å². The number of amides is 2. The van der Waals surface area contributed by atoms with Gasteiger partial charge in [0, 0.05) is 31.7 Å². The highest BCUT2D eigenvalue weighted by Crippen LogP contribution is 2.37. The summed E-state index contributed by atoms with van der Waals surface area (Å²) < 4.78 is 42.8. The molecule has 2 aliphatic carbocycles. The standard InChI is InChI=1S/C24H31F3N6O2/c1-32(2)21-17-7-3-4-8-18(17)30-23(31-21)29-15-11-13-16(14-12-15)33(22(28)34)19-9-5-6-10-20(19)35-24(25,26)27/h5-6,9-10,15-16H,3-4,7-8,11-14H2,1-2H3,(H2,28,34)(H,29,30,31). The van der Waals surface area contributed by atoms with Gasteiger partial charge >= 0.3 is 12.4 Å². The topological polar surface area (TPSA) is 96.6 Å². The van der Waals surface area contributed by atoms with Crippen LogP contribution in [0.2, 0.25) is 0 Å². The van der Waals surface area contributed by atoms with Crippen LogP contribution >= 0.6 is 0 Å². The van der Waals surface area contributed by atoms with Crippen LogP contribution in [0.5, 0.6) is 5.75 Å². The summed E-state index contributed by atoms with van der Waals surface area (Å²) in [6.07, 6.45) is 1.80. The van der Waals surface area contributed by atoms with Gasteiger partial charge in [0.05, 0.1) is 11.4 Å². The van der Waals surface area contributed by atoms with Crippen LogP contribution in [0.3, 0.4) is 0 Å². The minimum atomic E-state index is -4.87. The fourth-order valence-corrected chi connectivity index (χ4v) is 5.03. The number of rotatable bonds is 6. The fourth-order valence-electron chi connectivity index (χ4n) is 5.03. The first-order chi connectivity index (χ1) is 16.6. The Kier molecular flexibility index (Phi) is 7.23. The van der Waals surface area contributed by atoms with Crippen molar-refractivity contribution in [2.45, 2.75) is 69.8 Å². The number of nitrogens with two attached hydrogens (primary N) is 1. The highest BCUT2D eigenvalue weighted by molar-refractivity contribution is 5.93. The molecule has 3 N–H and O–H groups in total. The lowest BCUT2D eigenvalue weighted by molar-refractivity contribution is -0.274. The molecule has 1 heterocycles. The molecule has 1 saturated carbocycles. The van der Waals surface area contributed by atoms with Gasteiger partial charge in [0.2, 0.25) is 5.95 Å². The number of fused-ring (bicyclic) bond motifs is 1. The Morgan fingerprint density at radius 2 is 1.77 bits per heavy atom. The molecule has 0 bridgehead atoms. The Morgan fingerprint density at radius 3 is 2.43 bits per heavy atom. The van der Waals surface area contributed by atoms with Crippen molar-refractivity contribution in [3.63, 3.8) is 0 Å². The maximum Gasteiger partial charge on any atom is 0.573 e. The summed E-state index contributed by atoms with van der Waals surface area (Å²) in [6, 6.07) is 4.50. The van der Waals surface area contributed by atoms with Gasteiger partial charge < -0.3 is 20.7 Å². The number of anilines is 3. The predicted molar refractivity (Wildman–Crippen MR) is 128 cm³/mol. The van der Waals surface area contributed by atoms with Gasteiger partial charge in [-0.3, -0.25) is 4.90 Å². The van der Waals surface area contributed by atoms with E-state index in [4.69, 9.17) is 15.7 Å². The van der Waals surface area contributed by atoms with E-state index in [1.807, 2.05) is 19.0 Å². The number of para-hydroxylation sites is 2. The second kappa shape index (κ2) is 10.2. The third kappa shape index (κ3) is 5.88. The second-order valence-electron chi connectivity index (χ2n) is 9.27. The highest BCUT2D eigenvalue weighted by atomic mass is 19.4. The van der Waals surface area contributed by atoms with Crippen LogP contribution < -0.4 is 25.6 Å². The number of hydrogen-bond donors (Lipinski definition) is 2. The summed E-state index contributed by atoms with van der Waals surface area (Å²) in [4.78, 5) is 25.1. The van der Waals surface area contributed by atoms with E-state index < -0.39 is 18.1 Å². The Balaban J connectivity index is 1.47. The quantitative estimate of drug-likeness (QED) is 0.611. The van der Waals surface area contributed by atoms with E-state index in [9.17, 15) is 18.0 Å². The molecule has 1 fully saturated rings. The molecule has 4 rings (SSSR count). The maximum absolute atomic E-state index is 12.9. The third-order valence-corrected chi connectivity index (χ3v) is 6.57. The summed E-state index contributed by atoms with van der Waals surface area (Å²) in [5.74, 6) is 1.08. The zero-order chi connectivity index (χ0) is 25.2. The van der Waals surface area contributed by atoms with Gasteiger partial charge in [-0.2, -0.15) is 4.98 Å². The number of ether oxygens (including phenoxy) is 1. The molecule has 35 heavy (non-hydrogen) atoms. The Bertz CT molecular complexity index is 1050. The van der Waals surface area contributed by atoms with E-state index in [0.29, 0.717) is 31.6 Å². The van der Waals surface area contributed by atoms with Crippen molar-refractivity contribution >= 4 is 23.5 Å². The van der Waals surface area contributed by atoms with E-state index in [-0.39, 0.29) is 17.8 Å². The molecule has 2 amide bonds. The maximum atomic E-state index is 12.9. The van der Waals surface area contributed by atoms with Crippen molar-refractivity contribution < 1.29 is 22.7 Å². The normalized spacial score (nSPS) is 20.0. The average Bonchev–Trinajstić information content (AvgIpc) is 2.79. The van der Waals surface area contributed by atoms with E-state index in [0.717, 1.165) is 37.2 Å². The number of benzene rings is 1. The van der Waals surface area contributed by atoms with Crippen LogP contribution in [0, 0.1) is 0 Å². The number of primary amides is 1. The number of hydrogen-bond acceptors (Lipinski definition) is 6. The van der Waals surface area contributed by atoms with Gasteiger partial charge in [-0.05, 0) is 63.5 Å². The van der Waals surface area contributed by atoms with Crippen molar-refractivity contribution in [1.29, 1.82) is 0 Å². The Morgan fingerprint density at radius 1 is 1.09 bits per heavy atom. The van der Waals surface area contributed by atoms with Gasteiger partial charge in [0.25, 0.3) is 0 Å². The number of nitrogens with one attached hydrogen (secondary N) is 1. The summed E-state index contributed by atoms with van der Waals surface area (Å²) >= 11 is 0. The molecule has 0 atom stereocenters. The third-order valence-electron chi connectivity index (χ3n) is 6.57. The van der Waals surface area contributed by atoms with Crippen LogP contribution in [0.15, 0.2) is 24.3 Å². The van der Waals surface area contributed by atoms with Crippen molar-refractivity contribution in [1.82, 2.24) is 9.97 Å². The lowest BCUT2D eigenvalue weighted by atomic mass is 9.90. The zero-order valence-corrected chi connectivity index (χ0v) is 19.9. The summed E-state index contributed by atoms with van der Waals surface area (Å²) in [7, 11) is 3.95. The SMILES string of the molecule is CN(C)c1nc(NC2CCC(N(C(N)=O)c3ccccc3OC(F)(F)F)CC2)nc2c1CCCC2. The Hall–Kier alpha value is -3.24. The lowest BCUT2D eigenvalue weighted by Crippen LogP contribution is -2.47. The second-order valence-corrected chi connectivity index (χ2v) is 9.27. The van der Waals surface area contributed by atoms with E-state index in [1.54, 1.807) is 6.07 Å². The molecule has 0 saturated heterocycles. The first kappa shape index (κ1) is 24.9. The number of carbonyl (C=O) groups excluding carboxylic acids is 1. The van der Waals surface area contributed by atoms with Crippen LogP contribution in [0.25, 0.3) is 0 Å². The fraction of sp³-hybridized carbons (Fsp3) is 0.542. The molecule has 8 nitrogen and oxygen atoms in total. The minimum Gasteiger partial charge on any atom is -0.404 e. The number of carbonyl (C=O) groups is 1. The average molecular weight is 493 g/mol. The van der Waals surface area contributed by atoms with Gasteiger partial charge in [-0.15, -0.1) is 13.2 Å². The molecule has 0 spiro atoms. The van der Waals surface area contributed by atoms with Gasteiger partial charge in [-0.1, -0.05) is 12.1 Å². The lowest BCUT2D eigenvalue weighted by Gasteiger charge is -2.37. The minimum absolute atomic E-state index is 0.0161. The van der Waals surface area contributed by atoms with E-state index in [1.165, 1.54) is 28.7 Å². The van der Waals surface area contributed by atoms with Crippen molar-refractivity contribution in [3.8, 4) is 5.75 Å². The smallest absolute Gasteiger partial charge is 0.404 e. The Labute approximate surface area is 202 Å². The van der Waals surface area contributed by atoms with Crippen molar-refractivity contribution in [2.75, 3.05) is 29.2 Å². The van der Waals surface area contributed by atoms with E-state index in [2.05, 4.69) is 10.1 Å². The van der Waals surface area contributed by atoms with Crippen LogP contribution in [0.4, 0.5) is 35.4 Å². The molecule has 190 valence electrons. The first-order valence-electron chi connectivity index (χ1n) is 11.9. The summed E-state index contributed by atoms with van der Waals surface area (Å²) in [5.41, 5.74) is 7.93. The predicted octanol–water partition coefficient (Wildman–Crippen LogP) is 4.63. The molecular formula is C24H31F3N6O2. The number of alkyl halides is 3. The molecule has 0 unspecified atom stereocenters. The van der Waals surface area contributed by atoms with Crippen molar-refractivity contribution in [3.05, 3.63) is 35.5 Å². The molecule has 2 aliphatic rings. The van der Waals surface area contributed by atoms with Crippen LogP contribution in [-0.4, -0.2) is 48.5 Å².